The third-order valence-corrected chi connectivity index (χ3v) is 5.03. The Kier molecular flexibility index (Phi) is 6.64. The van der Waals surface area contributed by atoms with Gasteiger partial charge in [0.1, 0.15) is 6.04 Å². The molecule has 1 aromatic carbocycles. The zero-order valence-electron chi connectivity index (χ0n) is 14.6. The molecular formula is C19H28N2O3. The van der Waals surface area contributed by atoms with Gasteiger partial charge in [-0.3, -0.25) is 0 Å². The molecule has 0 radical (unpaired) electrons. The molecule has 0 aromatic heterocycles. The van der Waals surface area contributed by atoms with Crippen molar-refractivity contribution in [3.8, 4) is 0 Å². The van der Waals surface area contributed by atoms with E-state index < -0.39 is 12.0 Å². The predicted molar refractivity (Wildman–Crippen MR) is 93.9 cm³/mol. The zero-order chi connectivity index (χ0) is 17.5. The van der Waals surface area contributed by atoms with Crippen LogP contribution in [0.2, 0.25) is 0 Å². The number of carbonyl (C=O) groups is 2. The monoisotopic (exact) mass is 332 g/mol. The zero-order valence-corrected chi connectivity index (χ0v) is 14.6. The minimum Gasteiger partial charge on any atom is -0.480 e. The molecule has 1 saturated heterocycles. The fourth-order valence-corrected chi connectivity index (χ4v) is 3.20. The Morgan fingerprint density at radius 3 is 2.42 bits per heavy atom. The summed E-state index contributed by atoms with van der Waals surface area (Å²) in [6.45, 7) is 5.17. The summed E-state index contributed by atoms with van der Waals surface area (Å²) >= 11 is 0. The summed E-state index contributed by atoms with van der Waals surface area (Å²) in [5, 5.41) is 12.0. The summed E-state index contributed by atoms with van der Waals surface area (Å²) in [5.74, 6) is -0.458. The van der Waals surface area contributed by atoms with Crippen molar-refractivity contribution in [1.29, 1.82) is 0 Å². The molecule has 5 nitrogen and oxygen atoms in total. The first-order chi connectivity index (χ1) is 11.5. The van der Waals surface area contributed by atoms with Crippen LogP contribution in [0.1, 0.15) is 38.7 Å². The van der Waals surface area contributed by atoms with Gasteiger partial charge in [0.05, 0.1) is 0 Å². The van der Waals surface area contributed by atoms with Crippen molar-refractivity contribution >= 4 is 12.0 Å². The van der Waals surface area contributed by atoms with Crippen molar-refractivity contribution in [1.82, 2.24) is 10.2 Å². The molecule has 0 spiro atoms. The number of aliphatic carboxylic acids is 1. The third-order valence-electron chi connectivity index (χ3n) is 5.03. The third kappa shape index (κ3) is 4.98. The smallest absolute Gasteiger partial charge is 0.326 e. The Morgan fingerprint density at radius 1 is 1.25 bits per heavy atom. The molecular weight excluding hydrogens is 304 g/mol. The van der Waals surface area contributed by atoms with Crippen LogP contribution in [0.25, 0.3) is 0 Å². The highest BCUT2D eigenvalue weighted by Gasteiger charge is 2.29. The topological polar surface area (TPSA) is 69.6 Å². The summed E-state index contributed by atoms with van der Waals surface area (Å²) in [6, 6.07) is 9.35. The average Bonchev–Trinajstić information content (AvgIpc) is 2.60. The largest absolute Gasteiger partial charge is 0.480 e. The average molecular weight is 332 g/mol. The second-order valence-corrected chi connectivity index (χ2v) is 6.77. The molecule has 1 aromatic rings. The van der Waals surface area contributed by atoms with Crippen LogP contribution in [-0.2, 0) is 11.2 Å². The SMILES string of the molecule is CCC(C)[C@H](NC(=O)N1CCC(Cc2ccccc2)CC1)C(=O)O. The van der Waals surface area contributed by atoms with Crippen LogP contribution in [0.3, 0.4) is 0 Å². The van der Waals surface area contributed by atoms with Gasteiger partial charge in [-0.15, -0.1) is 0 Å². The molecule has 2 N–H and O–H groups in total. The van der Waals surface area contributed by atoms with E-state index >= 15 is 0 Å². The van der Waals surface area contributed by atoms with Gasteiger partial charge in [0.15, 0.2) is 0 Å². The molecule has 24 heavy (non-hydrogen) atoms. The lowest BCUT2D eigenvalue weighted by Crippen LogP contribution is -2.52. The lowest BCUT2D eigenvalue weighted by Gasteiger charge is -2.33. The Morgan fingerprint density at radius 2 is 1.88 bits per heavy atom. The maximum Gasteiger partial charge on any atom is 0.326 e. The van der Waals surface area contributed by atoms with Crippen molar-refractivity contribution in [3.05, 3.63) is 35.9 Å². The van der Waals surface area contributed by atoms with E-state index in [2.05, 4.69) is 29.6 Å². The first kappa shape index (κ1) is 18.3. The van der Waals surface area contributed by atoms with Crippen molar-refractivity contribution < 1.29 is 14.7 Å². The Bertz CT molecular complexity index is 539. The number of benzene rings is 1. The van der Waals surface area contributed by atoms with Gasteiger partial charge in [0.2, 0.25) is 0 Å². The van der Waals surface area contributed by atoms with E-state index in [1.807, 2.05) is 19.9 Å². The number of piperidine rings is 1. The highest BCUT2D eigenvalue weighted by atomic mass is 16.4. The number of rotatable bonds is 6. The summed E-state index contributed by atoms with van der Waals surface area (Å²) in [5.41, 5.74) is 1.34. The van der Waals surface area contributed by atoms with Crippen LogP contribution in [0.15, 0.2) is 30.3 Å². The van der Waals surface area contributed by atoms with Gasteiger partial charge in [0, 0.05) is 13.1 Å². The van der Waals surface area contributed by atoms with Crippen LogP contribution in [0.4, 0.5) is 4.79 Å². The molecule has 2 rings (SSSR count). The van der Waals surface area contributed by atoms with Gasteiger partial charge < -0.3 is 15.3 Å². The lowest BCUT2D eigenvalue weighted by molar-refractivity contribution is -0.140. The van der Waals surface area contributed by atoms with Crippen molar-refractivity contribution in [2.24, 2.45) is 11.8 Å². The minimum absolute atomic E-state index is 0.0814. The number of amides is 2. The van der Waals surface area contributed by atoms with Gasteiger partial charge in [-0.25, -0.2) is 9.59 Å². The van der Waals surface area contributed by atoms with Crippen molar-refractivity contribution in [2.75, 3.05) is 13.1 Å². The molecule has 1 unspecified atom stereocenters. The van der Waals surface area contributed by atoms with E-state index in [1.54, 1.807) is 4.90 Å². The summed E-state index contributed by atoms with van der Waals surface area (Å²) < 4.78 is 0. The number of nitrogens with zero attached hydrogens (tertiary/aromatic N) is 1. The second-order valence-electron chi connectivity index (χ2n) is 6.77. The number of hydrogen-bond acceptors (Lipinski definition) is 2. The van der Waals surface area contributed by atoms with Crippen LogP contribution < -0.4 is 5.32 Å². The summed E-state index contributed by atoms with van der Waals surface area (Å²) in [6.07, 6.45) is 3.68. The maximum absolute atomic E-state index is 12.3. The number of nitrogens with one attached hydrogen (secondary N) is 1. The number of urea groups is 1. The molecule has 2 atom stereocenters. The van der Waals surface area contributed by atoms with Crippen LogP contribution in [0.5, 0.6) is 0 Å². The Labute approximate surface area is 144 Å². The number of carbonyl (C=O) groups excluding carboxylic acids is 1. The quantitative estimate of drug-likeness (QED) is 0.841. The van der Waals surface area contributed by atoms with E-state index in [9.17, 15) is 14.7 Å². The van der Waals surface area contributed by atoms with Crippen LogP contribution in [-0.4, -0.2) is 41.1 Å². The molecule has 5 heteroatoms. The fourth-order valence-electron chi connectivity index (χ4n) is 3.20. The van der Waals surface area contributed by atoms with E-state index in [0.717, 1.165) is 25.7 Å². The standard InChI is InChI=1S/C19H28N2O3/c1-3-14(2)17(18(22)23)20-19(24)21-11-9-16(10-12-21)13-15-7-5-4-6-8-15/h4-8,14,16-17H,3,9-13H2,1-2H3,(H,20,24)(H,22,23)/t14?,17-/m0/s1. The van der Waals surface area contributed by atoms with E-state index in [1.165, 1.54) is 5.56 Å². The van der Waals surface area contributed by atoms with Gasteiger partial charge in [-0.2, -0.15) is 0 Å². The summed E-state index contributed by atoms with van der Waals surface area (Å²) in [7, 11) is 0. The number of carboxylic acid groups (broad SMARTS) is 1. The molecule has 2 amide bonds. The molecule has 0 saturated carbocycles. The molecule has 1 aliphatic heterocycles. The van der Waals surface area contributed by atoms with Crippen molar-refractivity contribution in [2.45, 2.75) is 45.6 Å². The number of hydrogen-bond donors (Lipinski definition) is 2. The van der Waals surface area contributed by atoms with E-state index in [0.29, 0.717) is 19.0 Å². The van der Waals surface area contributed by atoms with Gasteiger partial charge in [-0.1, -0.05) is 50.6 Å². The molecule has 132 valence electrons. The molecule has 1 aliphatic rings. The highest BCUT2D eigenvalue weighted by molar-refractivity contribution is 5.82. The molecule has 1 fully saturated rings. The first-order valence-corrected chi connectivity index (χ1v) is 8.83. The highest BCUT2D eigenvalue weighted by Crippen LogP contribution is 2.22. The Balaban J connectivity index is 1.82. The van der Waals surface area contributed by atoms with Crippen molar-refractivity contribution in [3.63, 3.8) is 0 Å². The second kappa shape index (κ2) is 8.71. The Hall–Kier alpha value is -2.04. The van der Waals surface area contributed by atoms with Crippen LogP contribution >= 0.6 is 0 Å². The van der Waals surface area contributed by atoms with Crippen LogP contribution in [0, 0.1) is 11.8 Å². The maximum atomic E-state index is 12.3. The number of carboxylic acids is 1. The summed E-state index contributed by atoms with van der Waals surface area (Å²) in [4.78, 5) is 25.4. The van der Waals surface area contributed by atoms with Gasteiger partial charge in [-0.05, 0) is 36.7 Å². The van der Waals surface area contributed by atoms with Gasteiger partial charge in [0.25, 0.3) is 0 Å². The molecule has 0 aliphatic carbocycles. The lowest BCUT2D eigenvalue weighted by atomic mass is 9.90. The minimum atomic E-state index is -0.961. The van der Waals surface area contributed by atoms with E-state index in [-0.39, 0.29) is 11.9 Å². The fraction of sp³-hybridized carbons (Fsp3) is 0.579. The number of likely N-dealkylation sites (tertiary alicyclic amines) is 1. The molecule has 0 bridgehead atoms. The van der Waals surface area contributed by atoms with Gasteiger partial charge >= 0.3 is 12.0 Å². The molecule has 1 heterocycles. The van der Waals surface area contributed by atoms with E-state index in [4.69, 9.17) is 0 Å². The first-order valence-electron chi connectivity index (χ1n) is 8.83. The normalized spacial score (nSPS) is 18.0. The predicted octanol–water partition coefficient (Wildman–Crippen LogP) is 3.15.